The zero-order valence-corrected chi connectivity index (χ0v) is 4.69. The van der Waals surface area contributed by atoms with Crippen molar-refractivity contribution < 1.29 is 5.11 Å². The maximum atomic E-state index is 8.27. The molecule has 0 aromatic rings. The summed E-state index contributed by atoms with van der Waals surface area (Å²) in [6.07, 6.45) is 4.22. The van der Waals surface area contributed by atoms with Gasteiger partial charge in [0.05, 0.1) is 13.3 Å². The molecule has 0 saturated carbocycles. The van der Waals surface area contributed by atoms with Gasteiger partial charge < -0.3 is 5.11 Å². The average Bonchev–Trinajstić information content (AvgIpc) is 1.69. The molecule has 0 unspecified atom stereocenters. The molecule has 0 saturated heterocycles. The van der Waals surface area contributed by atoms with Gasteiger partial charge in [0.1, 0.15) is 0 Å². The van der Waals surface area contributed by atoms with Gasteiger partial charge in [0.25, 0.3) is 0 Å². The lowest BCUT2D eigenvalue weighted by Gasteiger charge is -1.87. The van der Waals surface area contributed by atoms with Crippen LogP contribution in [0.1, 0.15) is 25.7 Å². The third-order valence-corrected chi connectivity index (χ3v) is 0.908. The fourth-order valence-electron chi connectivity index (χ4n) is 0.465. The first-order valence-electron chi connectivity index (χ1n) is 2.82. The van der Waals surface area contributed by atoms with E-state index in [9.17, 15) is 0 Å². The zero-order chi connectivity index (χ0) is 5.54. The summed E-state index contributed by atoms with van der Waals surface area (Å²) < 4.78 is 0. The van der Waals surface area contributed by atoms with E-state index in [0.717, 1.165) is 25.7 Å². The molecule has 0 amide bonds. The Kier molecular flexibility index (Phi) is 5.69. The second-order valence-corrected chi connectivity index (χ2v) is 1.64. The maximum Gasteiger partial charge on any atom is 0.0850 e. The highest BCUT2D eigenvalue weighted by Gasteiger charge is 1.84. The topological polar surface area (TPSA) is 20.2 Å². The number of aliphatic hydroxyl groups excluding tert-OH is 1. The van der Waals surface area contributed by atoms with Crippen LogP contribution in [0.3, 0.4) is 0 Å². The van der Waals surface area contributed by atoms with Crippen LogP contribution in [-0.4, -0.2) is 11.7 Å². The molecule has 0 atom stereocenters. The van der Waals surface area contributed by atoms with E-state index in [2.05, 4.69) is 6.92 Å². The molecule has 42 valence electrons. The molecule has 0 aliphatic carbocycles. The normalized spacial score (nSPS) is 9.29. The molecule has 1 N–H and O–H groups in total. The fourth-order valence-corrected chi connectivity index (χ4v) is 0.465. The Balaban J connectivity index is 2.45. The molecule has 0 bridgehead atoms. The van der Waals surface area contributed by atoms with E-state index in [1.54, 1.807) is 0 Å². The molecule has 0 rings (SSSR count). The van der Waals surface area contributed by atoms with Crippen molar-refractivity contribution in [2.75, 3.05) is 6.61 Å². The summed E-state index contributed by atoms with van der Waals surface area (Å²) in [5.41, 5.74) is 0. The fraction of sp³-hybridized carbons (Fsp3) is 0.833. The average molecular weight is 101 g/mol. The predicted octanol–water partition coefficient (Wildman–Crippen LogP) is 1.37. The van der Waals surface area contributed by atoms with Crippen molar-refractivity contribution in [3.63, 3.8) is 0 Å². The van der Waals surface area contributed by atoms with Crippen molar-refractivity contribution >= 4 is 0 Å². The summed E-state index contributed by atoms with van der Waals surface area (Å²) in [6, 6.07) is 0. The minimum atomic E-state index is 0.333. The quantitative estimate of drug-likeness (QED) is 0.419. The van der Waals surface area contributed by atoms with Gasteiger partial charge in [-0.05, 0) is 19.3 Å². The molecular weight excluding hydrogens is 88.1 g/mol. The van der Waals surface area contributed by atoms with Crippen molar-refractivity contribution in [2.24, 2.45) is 0 Å². The molecule has 0 aromatic heterocycles. The zero-order valence-electron chi connectivity index (χ0n) is 4.69. The number of aliphatic hydroxyl groups is 1. The number of hydrogen-bond donors (Lipinski definition) is 1. The van der Waals surface area contributed by atoms with Crippen LogP contribution in [-0.2, 0) is 0 Å². The van der Waals surface area contributed by atoms with Crippen LogP contribution in [0.5, 0.6) is 0 Å². The summed E-state index contributed by atoms with van der Waals surface area (Å²) in [7, 11) is 0. The molecule has 1 heteroatoms. The maximum absolute atomic E-state index is 8.27. The lowest BCUT2D eigenvalue weighted by molar-refractivity contribution is 0.283. The number of unbranched alkanes of at least 4 members (excludes halogenated alkanes) is 3. The van der Waals surface area contributed by atoms with Gasteiger partial charge in [0.2, 0.25) is 0 Å². The lowest BCUT2D eigenvalue weighted by Crippen LogP contribution is -1.80. The van der Waals surface area contributed by atoms with Crippen LogP contribution >= 0.6 is 0 Å². The summed E-state index contributed by atoms with van der Waals surface area (Å²) in [5.74, 6) is 0. The molecule has 0 spiro atoms. The molecule has 7 heavy (non-hydrogen) atoms. The SMILES string of the molecule is [CH2+]CCCCCO. The van der Waals surface area contributed by atoms with E-state index in [1.165, 1.54) is 0 Å². The van der Waals surface area contributed by atoms with E-state index in [-0.39, 0.29) is 0 Å². The first-order chi connectivity index (χ1) is 3.41. The van der Waals surface area contributed by atoms with Gasteiger partial charge in [-0.15, -0.1) is 0 Å². The van der Waals surface area contributed by atoms with Crippen LogP contribution in [0.4, 0.5) is 0 Å². The third-order valence-electron chi connectivity index (χ3n) is 0.908. The lowest BCUT2D eigenvalue weighted by atomic mass is 10.2. The third kappa shape index (κ3) is 5.83. The Morgan fingerprint density at radius 1 is 1.14 bits per heavy atom. The summed E-state index contributed by atoms with van der Waals surface area (Å²) in [6.45, 7) is 4.01. The second-order valence-electron chi connectivity index (χ2n) is 1.64. The largest absolute Gasteiger partial charge is 0.396 e. The van der Waals surface area contributed by atoms with Gasteiger partial charge >= 0.3 is 0 Å². The van der Waals surface area contributed by atoms with Gasteiger partial charge in [-0.1, -0.05) is 0 Å². The molecule has 1 nitrogen and oxygen atoms in total. The molecule has 0 fully saturated rings. The van der Waals surface area contributed by atoms with Crippen molar-refractivity contribution in [1.29, 1.82) is 0 Å². The molecule has 0 aliphatic heterocycles. The van der Waals surface area contributed by atoms with E-state index in [0.29, 0.717) is 6.61 Å². The van der Waals surface area contributed by atoms with Crippen molar-refractivity contribution in [3.05, 3.63) is 6.92 Å². The Labute approximate surface area is 45.4 Å². The molecule has 0 radical (unpaired) electrons. The van der Waals surface area contributed by atoms with Crippen LogP contribution in [0.25, 0.3) is 0 Å². The number of hydrogen-bond acceptors (Lipinski definition) is 1. The van der Waals surface area contributed by atoms with Crippen molar-refractivity contribution in [2.45, 2.75) is 25.7 Å². The van der Waals surface area contributed by atoms with Crippen molar-refractivity contribution in [3.8, 4) is 0 Å². The van der Waals surface area contributed by atoms with Crippen LogP contribution in [0.2, 0.25) is 0 Å². The van der Waals surface area contributed by atoms with E-state index in [4.69, 9.17) is 5.11 Å². The van der Waals surface area contributed by atoms with E-state index < -0.39 is 0 Å². The van der Waals surface area contributed by atoms with E-state index >= 15 is 0 Å². The first kappa shape index (κ1) is 6.83. The van der Waals surface area contributed by atoms with Crippen LogP contribution < -0.4 is 0 Å². The minimum absolute atomic E-state index is 0.333. The highest BCUT2D eigenvalue weighted by atomic mass is 16.2. The van der Waals surface area contributed by atoms with Gasteiger partial charge in [-0.25, -0.2) is 0 Å². The molecule has 0 aromatic carbocycles. The highest BCUT2D eigenvalue weighted by molar-refractivity contribution is 4.41. The minimum Gasteiger partial charge on any atom is -0.396 e. The Hall–Kier alpha value is -0.170. The summed E-state index contributed by atoms with van der Waals surface area (Å²) >= 11 is 0. The molecule has 0 heterocycles. The van der Waals surface area contributed by atoms with Gasteiger partial charge in [0, 0.05) is 6.61 Å². The second kappa shape index (κ2) is 5.83. The van der Waals surface area contributed by atoms with E-state index in [1.807, 2.05) is 0 Å². The Morgan fingerprint density at radius 3 is 2.29 bits per heavy atom. The van der Waals surface area contributed by atoms with Gasteiger partial charge in [-0.3, -0.25) is 0 Å². The summed E-state index contributed by atoms with van der Waals surface area (Å²) in [5, 5.41) is 8.27. The molecular formula is C6H13O+. The Bertz CT molecular complexity index is 23.4. The predicted molar refractivity (Wildman–Crippen MR) is 30.9 cm³/mol. The first-order valence-corrected chi connectivity index (χ1v) is 2.82. The monoisotopic (exact) mass is 101 g/mol. The van der Waals surface area contributed by atoms with Crippen molar-refractivity contribution in [1.82, 2.24) is 0 Å². The Morgan fingerprint density at radius 2 is 1.86 bits per heavy atom. The van der Waals surface area contributed by atoms with Crippen LogP contribution in [0.15, 0.2) is 0 Å². The van der Waals surface area contributed by atoms with Gasteiger partial charge in [0.15, 0.2) is 0 Å². The highest BCUT2D eigenvalue weighted by Crippen LogP contribution is 1.95. The van der Waals surface area contributed by atoms with Gasteiger partial charge in [-0.2, -0.15) is 0 Å². The van der Waals surface area contributed by atoms with Crippen LogP contribution in [0, 0.1) is 6.92 Å². The standard InChI is InChI=1S/C6H13O/c1-2-3-4-5-6-7/h7H,1-6H2/q+1. The summed E-state index contributed by atoms with van der Waals surface area (Å²) in [4.78, 5) is 0. The molecule has 0 aliphatic rings. The number of rotatable bonds is 4. The smallest absolute Gasteiger partial charge is 0.0850 e.